The number of benzene rings is 1. The molecule has 3 atom stereocenters. The van der Waals surface area contributed by atoms with Crippen molar-refractivity contribution in [2.24, 2.45) is 11.7 Å². The third-order valence-electron chi connectivity index (χ3n) is 8.01. The molecule has 42 heavy (non-hydrogen) atoms. The zero-order valence-electron chi connectivity index (χ0n) is 27.6. The average Bonchev–Trinajstić information content (AvgIpc) is 3.25. The number of amides is 2. The van der Waals surface area contributed by atoms with Crippen molar-refractivity contribution in [3.05, 3.63) is 36.0 Å². The van der Waals surface area contributed by atoms with Gasteiger partial charge in [-0.2, -0.15) is 0 Å². The SMILES string of the molecule is CC(C)C[C@H](N[C@H](CCO[Si](C)(C)C(C)(C)C)C(=O)OC(C)(C)C)C(=O)N(C)[C@@H](Cc1c[nH]c2ccccc12)C(N)=O. The molecule has 0 saturated carbocycles. The predicted octanol–water partition coefficient (Wildman–Crippen LogP) is 5.15. The normalized spacial score (nSPS) is 15.0. The number of carbonyl (C=O) groups excluding carboxylic acids is 3. The Morgan fingerprint density at radius 3 is 2.21 bits per heavy atom. The summed E-state index contributed by atoms with van der Waals surface area (Å²) in [5.41, 5.74) is 7.00. The van der Waals surface area contributed by atoms with Crippen LogP contribution in [0.5, 0.6) is 0 Å². The number of rotatable bonds is 14. The van der Waals surface area contributed by atoms with Gasteiger partial charge < -0.3 is 24.8 Å². The van der Waals surface area contributed by atoms with E-state index in [1.807, 2.05) is 65.1 Å². The molecule has 0 saturated heterocycles. The van der Waals surface area contributed by atoms with Gasteiger partial charge in [0.2, 0.25) is 11.8 Å². The van der Waals surface area contributed by atoms with Crippen molar-refractivity contribution < 1.29 is 23.5 Å². The first-order valence-corrected chi connectivity index (χ1v) is 17.9. The Hall–Kier alpha value is -2.69. The molecule has 4 N–H and O–H groups in total. The molecule has 2 amide bonds. The minimum Gasteiger partial charge on any atom is -0.459 e. The lowest BCUT2D eigenvalue weighted by Crippen LogP contribution is -2.57. The fourth-order valence-electron chi connectivity index (χ4n) is 4.58. The predicted molar refractivity (Wildman–Crippen MR) is 172 cm³/mol. The van der Waals surface area contributed by atoms with Gasteiger partial charge in [0.25, 0.3) is 0 Å². The first-order valence-electron chi connectivity index (χ1n) is 15.0. The molecule has 0 fully saturated rings. The van der Waals surface area contributed by atoms with E-state index in [2.05, 4.69) is 44.2 Å². The van der Waals surface area contributed by atoms with Crippen molar-refractivity contribution in [2.75, 3.05) is 13.7 Å². The highest BCUT2D eigenvalue weighted by atomic mass is 28.4. The number of nitrogens with two attached hydrogens (primary N) is 1. The van der Waals surface area contributed by atoms with E-state index >= 15 is 0 Å². The van der Waals surface area contributed by atoms with Crippen LogP contribution in [0.15, 0.2) is 30.5 Å². The molecule has 0 radical (unpaired) electrons. The lowest BCUT2D eigenvalue weighted by molar-refractivity contribution is -0.158. The van der Waals surface area contributed by atoms with Crippen molar-refractivity contribution in [3.8, 4) is 0 Å². The molecule has 0 bridgehead atoms. The van der Waals surface area contributed by atoms with Gasteiger partial charge in [0.05, 0.1) is 6.04 Å². The molecular weight excluding hydrogens is 548 g/mol. The van der Waals surface area contributed by atoms with Gasteiger partial charge in [0.15, 0.2) is 8.32 Å². The van der Waals surface area contributed by atoms with Crippen LogP contribution in [0.2, 0.25) is 18.1 Å². The number of esters is 1. The lowest BCUT2D eigenvalue weighted by Gasteiger charge is -2.37. The summed E-state index contributed by atoms with van der Waals surface area (Å²) >= 11 is 0. The summed E-state index contributed by atoms with van der Waals surface area (Å²) in [7, 11) is -0.445. The Labute approximate surface area is 253 Å². The number of nitrogens with zero attached hydrogens (tertiary/aromatic N) is 1. The standard InChI is InChI=1S/C32H54N4O5Si/c1-21(2)18-26(35-25(30(39)41-31(3,4)5)16-17-40-42(10,11)32(6,7)8)29(38)36(9)27(28(33)37)19-22-20-34-24-15-13-12-14-23(22)24/h12-15,20-21,25-27,34-35H,16-19H2,1-11H3,(H2,33,37)/t25-,26+,27+/m1/s1. The quantitative estimate of drug-likeness (QED) is 0.203. The number of para-hydroxylation sites is 1. The van der Waals surface area contributed by atoms with Gasteiger partial charge in [0, 0.05) is 37.2 Å². The summed E-state index contributed by atoms with van der Waals surface area (Å²) in [4.78, 5) is 44.7. The smallest absolute Gasteiger partial charge is 0.323 e. The molecule has 0 spiro atoms. The average molecular weight is 603 g/mol. The summed E-state index contributed by atoms with van der Waals surface area (Å²) in [6.07, 6.45) is 2.93. The van der Waals surface area contributed by atoms with Crippen LogP contribution in [0.25, 0.3) is 10.9 Å². The maximum absolute atomic E-state index is 14.0. The maximum atomic E-state index is 14.0. The minimum absolute atomic E-state index is 0.0231. The van der Waals surface area contributed by atoms with E-state index in [-0.39, 0.29) is 23.3 Å². The van der Waals surface area contributed by atoms with Crippen LogP contribution in [-0.2, 0) is 30.0 Å². The summed E-state index contributed by atoms with van der Waals surface area (Å²) < 4.78 is 12.1. The second-order valence-electron chi connectivity index (χ2n) is 14.3. The molecular formula is C32H54N4O5Si. The monoisotopic (exact) mass is 602 g/mol. The van der Waals surface area contributed by atoms with E-state index in [1.165, 1.54) is 4.90 Å². The zero-order valence-corrected chi connectivity index (χ0v) is 28.6. The second kappa shape index (κ2) is 14.2. The number of nitrogens with one attached hydrogen (secondary N) is 2. The maximum Gasteiger partial charge on any atom is 0.323 e. The molecule has 236 valence electrons. The number of fused-ring (bicyclic) bond motifs is 1. The van der Waals surface area contributed by atoms with Gasteiger partial charge in [-0.1, -0.05) is 52.8 Å². The number of hydrogen-bond donors (Lipinski definition) is 3. The number of primary amides is 1. The van der Waals surface area contributed by atoms with E-state index in [4.69, 9.17) is 14.9 Å². The molecule has 0 aliphatic heterocycles. The highest BCUT2D eigenvalue weighted by Gasteiger charge is 2.38. The summed E-state index contributed by atoms with van der Waals surface area (Å²) in [5, 5.41) is 4.31. The van der Waals surface area contributed by atoms with Crippen molar-refractivity contribution in [1.29, 1.82) is 0 Å². The Balaban J connectivity index is 2.31. The number of carbonyl (C=O) groups is 3. The molecule has 0 aliphatic carbocycles. The van der Waals surface area contributed by atoms with Gasteiger partial charge in [-0.3, -0.25) is 19.7 Å². The van der Waals surface area contributed by atoms with E-state index in [1.54, 1.807) is 7.05 Å². The summed E-state index contributed by atoms with van der Waals surface area (Å²) in [6.45, 7) is 20.7. The zero-order chi connectivity index (χ0) is 32.0. The van der Waals surface area contributed by atoms with Crippen LogP contribution in [0.3, 0.4) is 0 Å². The van der Waals surface area contributed by atoms with E-state index in [0.29, 0.717) is 19.4 Å². The first-order chi connectivity index (χ1) is 19.2. The van der Waals surface area contributed by atoms with Crippen LogP contribution in [0, 0.1) is 5.92 Å². The van der Waals surface area contributed by atoms with Gasteiger partial charge in [-0.25, -0.2) is 0 Å². The van der Waals surface area contributed by atoms with Crippen LogP contribution in [-0.4, -0.2) is 73.4 Å². The number of aromatic nitrogens is 1. The molecule has 2 rings (SSSR count). The van der Waals surface area contributed by atoms with Crippen LogP contribution in [0.4, 0.5) is 0 Å². The van der Waals surface area contributed by atoms with Crippen LogP contribution < -0.4 is 11.1 Å². The first kappa shape index (κ1) is 35.5. The number of ether oxygens (including phenoxy) is 1. The Morgan fingerprint density at radius 1 is 1.05 bits per heavy atom. The third-order valence-corrected chi connectivity index (χ3v) is 12.5. The summed E-state index contributed by atoms with van der Waals surface area (Å²) in [5.74, 6) is -1.18. The van der Waals surface area contributed by atoms with Crippen LogP contribution >= 0.6 is 0 Å². The van der Waals surface area contributed by atoms with Gasteiger partial charge in [-0.15, -0.1) is 0 Å². The van der Waals surface area contributed by atoms with Crippen LogP contribution in [0.1, 0.15) is 73.8 Å². The topological polar surface area (TPSA) is 127 Å². The highest BCUT2D eigenvalue weighted by molar-refractivity contribution is 6.74. The van der Waals surface area contributed by atoms with E-state index in [9.17, 15) is 14.4 Å². The molecule has 1 aromatic heterocycles. The minimum atomic E-state index is -2.05. The van der Waals surface area contributed by atoms with E-state index < -0.39 is 43.9 Å². The molecule has 0 unspecified atom stereocenters. The third kappa shape index (κ3) is 9.95. The number of hydrogen-bond acceptors (Lipinski definition) is 6. The number of H-pyrrole nitrogens is 1. The number of aromatic amines is 1. The highest BCUT2D eigenvalue weighted by Crippen LogP contribution is 2.36. The molecule has 1 aromatic carbocycles. The molecule has 9 nitrogen and oxygen atoms in total. The van der Waals surface area contributed by atoms with E-state index in [0.717, 1.165) is 16.5 Å². The molecule has 2 aromatic rings. The largest absolute Gasteiger partial charge is 0.459 e. The summed E-state index contributed by atoms with van der Waals surface area (Å²) in [6, 6.07) is 5.44. The lowest BCUT2D eigenvalue weighted by atomic mass is 9.98. The molecule has 0 aliphatic rings. The Kier molecular flexibility index (Phi) is 12.0. The van der Waals surface area contributed by atoms with Crippen molar-refractivity contribution in [3.63, 3.8) is 0 Å². The van der Waals surface area contributed by atoms with Crippen molar-refractivity contribution in [1.82, 2.24) is 15.2 Å². The van der Waals surface area contributed by atoms with Crippen molar-refractivity contribution >= 4 is 37.0 Å². The van der Waals surface area contributed by atoms with Gasteiger partial charge >= 0.3 is 5.97 Å². The molecule has 10 heteroatoms. The van der Waals surface area contributed by atoms with Crippen molar-refractivity contribution in [2.45, 2.75) is 117 Å². The Bertz CT molecular complexity index is 1210. The fourth-order valence-corrected chi connectivity index (χ4v) is 5.64. The van der Waals surface area contributed by atoms with Gasteiger partial charge in [0.1, 0.15) is 17.7 Å². The molecule has 1 heterocycles. The Morgan fingerprint density at radius 2 is 1.67 bits per heavy atom. The van der Waals surface area contributed by atoms with Gasteiger partial charge in [-0.05, 0) is 69.3 Å². The second-order valence-corrected chi connectivity index (χ2v) is 19.1. The number of likely N-dealkylation sites (N-methyl/N-ethyl adjacent to an activating group) is 1. The fraction of sp³-hybridized carbons (Fsp3) is 0.656.